The molecular formula is C28H48O2. The molecule has 0 bridgehead atoms. The molecule has 2 nitrogen and oxygen atoms in total. The Morgan fingerprint density at radius 2 is 1.73 bits per heavy atom. The lowest BCUT2D eigenvalue weighted by Gasteiger charge is -2.62. The average molecular weight is 417 g/mol. The fourth-order valence-electron chi connectivity index (χ4n) is 8.96. The maximum Gasteiger partial charge on any atom is 0.0546 e. The molecule has 0 aromatic carbocycles. The van der Waals surface area contributed by atoms with E-state index in [2.05, 4.69) is 34.6 Å². The molecule has 2 N–H and O–H groups in total. The SMILES string of the molecule is CC(C)CCC[C@@H](C)[C@H]1CCC2=C3CC[C@@]4(CO)C[C@@H](O)CC[C@]4(C)[C@H]3CC[C@@]21C. The van der Waals surface area contributed by atoms with Crippen LogP contribution in [0.3, 0.4) is 0 Å². The molecule has 4 aliphatic carbocycles. The number of aliphatic hydroxyl groups is 2. The lowest BCUT2D eigenvalue weighted by molar-refractivity contribution is -0.135. The van der Waals surface area contributed by atoms with Crippen LogP contribution in [0.25, 0.3) is 0 Å². The van der Waals surface area contributed by atoms with Crippen LogP contribution in [0.4, 0.5) is 0 Å². The fraction of sp³-hybridized carbons (Fsp3) is 0.929. The second-order valence-electron chi connectivity index (χ2n) is 12.7. The molecule has 0 amide bonds. The third-order valence-corrected chi connectivity index (χ3v) is 10.9. The minimum absolute atomic E-state index is 0.0602. The minimum atomic E-state index is -0.212. The van der Waals surface area contributed by atoms with Gasteiger partial charge in [-0.05, 0) is 92.3 Å². The summed E-state index contributed by atoms with van der Waals surface area (Å²) >= 11 is 0. The highest BCUT2D eigenvalue weighted by Crippen LogP contribution is 2.69. The van der Waals surface area contributed by atoms with E-state index in [1.54, 1.807) is 0 Å². The Labute approximate surface area is 185 Å². The third-order valence-electron chi connectivity index (χ3n) is 10.9. The molecule has 3 fully saturated rings. The first-order valence-corrected chi connectivity index (χ1v) is 13.2. The Hall–Kier alpha value is -0.340. The van der Waals surface area contributed by atoms with Gasteiger partial charge in [0.25, 0.3) is 0 Å². The number of fused-ring (bicyclic) bond motifs is 4. The van der Waals surface area contributed by atoms with Gasteiger partial charge in [0.05, 0.1) is 6.10 Å². The first kappa shape index (κ1) is 22.8. The summed E-state index contributed by atoms with van der Waals surface area (Å²) in [5.74, 6) is 3.17. The van der Waals surface area contributed by atoms with Crippen molar-refractivity contribution in [3.63, 3.8) is 0 Å². The van der Waals surface area contributed by atoms with Gasteiger partial charge in [0.2, 0.25) is 0 Å². The van der Waals surface area contributed by atoms with E-state index in [0.29, 0.717) is 11.3 Å². The fourth-order valence-corrected chi connectivity index (χ4v) is 8.96. The van der Waals surface area contributed by atoms with Gasteiger partial charge in [-0.1, -0.05) is 65.0 Å². The predicted molar refractivity (Wildman–Crippen MR) is 125 cm³/mol. The molecule has 3 saturated carbocycles. The van der Waals surface area contributed by atoms with Crippen molar-refractivity contribution < 1.29 is 10.2 Å². The van der Waals surface area contributed by atoms with Crippen molar-refractivity contribution in [1.29, 1.82) is 0 Å². The van der Waals surface area contributed by atoms with Gasteiger partial charge in [0, 0.05) is 12.0 Å². The number of allylic oxidation sites excluding steroid dienone is 2. The zero-order chi connectivity index (χ0) is 21.7. The summed E-state index contributed by atoms with van der Waals surface area (Å²) in [4.78, 5) is 0. The Kier molecular flexibility index (Phi) is 6.26. The van der Waals surface area contributed by atoms with Crippen molar-refractivity contribution in [2.45, 2.75) is 118 Å². The summed E-state index contributed by atoms with van der Waals surface area (Å²) in [6, 6.07) is 0. The third kappa shape index (κ3) is 3.43. The highest BCUT2D eigenvalue weighted by atomic mass is 16.3. The van der Waals surface area contributed by atoms with Gasteiger partial charge in [-0.25, -0.2) is 0 Å². The smallest absolute Gasteiger partial charge is 0.0546 e. The van der Waals surface area contributed by atoms with Crippen LogP contribution in [0.2, 0.25) is 0 Å². The molecule has 0 unspecified atom stereocenters. The van der Waals surface area contributed by atoms with Crippen LogP contribution in [0.5, 0.6) is 0 Å². The Morgan fingerprint density at radius 1 is 0.967 bits per heavy atom. The topological polar surface area (TPSA) is 40.5 Å². The van der Waals surface area contributed by atoms with Crippen molar-refractivity contribution in [1.82, 2.24) is 0 Å². The van der Waals surface area contributed by atoms with E-state index < -0.39 is 0 Å². The Bertz CT molecular complexity index is 666. The molecule has 0 heterocycles. The van der Waals surface area contributed by atoms with Crippen molar-refractivity contribution in [3.05, 3.63) is 11.1 Å². The van der Waals surface area contributed by atoms with Gasteiger partial charge in [0.1, 0.15) is 0 Å². The molecule has 172 valence electrons. The molecule has 0 radical (unpaired) electrons. The van der Waals surface area contributed by atoms with Gasteiger partial charge in [0.15, 0.2) is 0 Å². The van der Waals surface area contributed by atoms with Crippen LogP contribution in [0.1, 0.15) is 112 Å². The van der Waals surface area contributed by atoms with Gasteiger partial charge in [-0.2, -0.15) is 0 Å². The van der Waals surface area contributed by atoms with Gasteiger partial charge in [-0.15, -0.1) is 0 Å². The molecule has 30 heavy (non-hydrogen) atoms. The van der Waals surface area contributed by atoms with Gasteiger partial charge >= 0.3 is 0 Å². The largest absolute Gasteiger partial charge is 0.396 e. The maximum absolute atomic E-state index is 10.5. The summed E-state index contributed by atoms with van der Waals surface area (Å²) < 4.78 is 0. The average Bonchev–Trinajstić information content (AvgIpc) is 3.05. The zero-order valence-corrected chi connectivity index (χ0v) is 20.5. The Balaban J connectivity index is 1.59. The van der Waals surface area contributed by atoms with Crippen LogP contribution in [-0.4, -0.2) is 22.9 Å². The highest BCUT2D eigenvalue weighted by Gasteiger charge is 2.61. The summed E-state index contributed by atoms with van der Waals surface area (Å²) in [7, 11) is 0. The van der Waals surface area contributed by atoms with E-state index in [-0.39, 0.29) is 23.5 Å². The zero-order valence-electron chi connectivity index (χ0n) is 20.5. The van der Waals surface area contributed by atoms with E-state index in [4.69, 9.17) is 0 Å². The van der Waals surface area contributed by atoms with Gasteiger partial charge in [-0.3, -0.25) is 0 Å². The summed E-state index contributed by atoms with van der Waals surface area (Å²) in [6.45, 7) is 12.6. The molecule has 4 rings (SSSR count). The second-order valence-corrected chi connectivity index (χ2v) is 12.7. The number of rotatable bonds is 6. The molecular weight excluding hydrogens is 368 g/mol. The normalized spacial score (nSPS) is 44.6. The molecule has 0 spiro atoms. The van der Waals surface area contributed by atoms with E-state index in [0.717, 1.165) is 43.4 Å². The van der Waals surface area contributed by atoms with E-state index in [1.807, 2.05) is 11.1 Å². The summed E-state index contributed by atoms with van der Waals surface area (Å²) in [5.41, 5.74) is 4.19. The quantitative estimate of drug-likeness (QED) is 0.463. The summed E-state index contributed by atoms with van der Waals surface area (Å²) in [5, 5.41) is 20.9. The van der Waals surface area contributed by atoms with Crippen LogP contribution in [0.15, 0.2) is 11.1 Å². The number of hydrogen-bond donors (Lipinski definition) is 2. The molecule has 2 heteroatoms. The van der Waals surface area contributed by atoms with Crippen LogP contribution in [0, 0.1) is 39.9 Å². The van der Waals surface area contributed by atoms with Gasteiger partial charge < -0.3 is 10.2 Å². The highest BCUT2D eigenvalue weighted by molar-refractivity contribution is 5.35. The van der Waals surface area contributed by atoms with Crippen LogP contribution >= 0.6 is 0 Å². The predicted octanol–water partition coefficient (Wildman–Crippen LogP) is 6.90. The van der Waals surface area contributed by atoms with E-state index in [1.165, 1.54) is 51.4 Å². The Morgan fingerprint density at radius 3 is 2.43 bits per heavy atom. The van der Waals surface area contributed by atoms with Crippen molar-refractivity contribution in [3.8, 4) is 0 Å². The second kappa shape index (κ2) is 8.22. The van der Waals surface area contributed by atoms with Crippen molar-refractivity contribution in [2.24, 2.45) is 39.9 Å². The summed E-state index contributed by atoms with van der Waals surface area (Å²) in [6.07, 6.45) is 14.4. The lowest BCUT2D eigenvalue weighted by atomic mass is 9.43. The first-order valence-electron chi connectivity index (χ1n) is 13.2. The minimum Gasteiger partial charge on any atom is -0.396 e. The standard InChI is InChI=1S/C28H48O2/c1-19(2)7-6-8-20(3)23-9-10-24-22-12-16-28(18-29)17-21(30)11-15-27(28,5)25(22)13-14-26(23,24)4/h19-21,23,25,29-30H,6-18H2,1-5H3/t20-,21+,23-,25+,26-,27-,28+/m1/s1. The van der Waals surface area contributed by atoms with Crippen LogP contribution < -0.4 is 0 Å². The maximum atomic E-state index is 10.5. The molecule has 0 aliphatic heterocycles. The van der Waals surface area contributed by atoms with E-state index >= 15 is 0 Å². The van der Waals surface area contributed by atoms with Crippen molar-refractivity contribution >= 4 is 0 Å². The van der Waals surface area contributed by atoms with Crippen molar-refractivity contribution in [2.75, 3.05) is 6.61 Å². The number of hydrogen-bond acceptors (Lipinski definition) is 2. The molecule has 0 saturated heterocycles. The molecule has 0 aromatic heterocycles. The van der Waals surface area contributed by atoms with Crippen LogP contribution in [-0.2, 0) is 0 Å². The van der Waals surface area contributed by atoms with E-state index in [9.17, 15) is 10.2 Å². The molecule has 7 atom stereocenters. The monoisotopic (exact) mass is 416 g/mol. The molecule has 4 aliphatic rings. The number of aliphatic hydroxyl groups excluding tert-OH is 2. The first-order chi connectivity index (χ1) is 14.2. The molecule has 0 aromatic rings. The lowest BCUT2D eigenvalue weighted by Crippen LogP contribution is -2.56.